The van der Waals surface area contributed by atoms with Crippen LogP contribution in [-0.2, 0) is 4.79 Å². The van der Waals surface area contributed by atoms with Crippen LogP contribution in [0.5, 0.6) is 0 Å². The van der Waals surface area contributed by atoms with Crippen LogP contribution in [0.3, 0.4) is 0 Å². The Kier molecular flexibility index (Phi) is 5.08. The largest absolute Gasteiger partial charge is 0.324 e. The summed E-state index contributed by atoms with van der Waals surface area (Å²) < 4.78 is 13.6. The van der Waals surface area contributed by atoms with Gasteiger partial charge in [-0.25, -0.2) is 4.39 Å². The monoisotopic (exact) mass is 302 g/mol. The molecule has 3 nitrogen and oxygen atoms in total. The Balaban J connectivity index is 2.77. The normalized spacial score (nSPS) is 14.2. The van der Waals surface area contributed by atoms with Crippen molar-refractivity contribution < 1.29 is 9.18 Å². The standard InChI is InChI=1S/C12H16BrFN2O/c1-3-7(2)11(15)12(17)16-10-6-8(14)4-5-9(10)13/h4-7,11H,3,15H2,1-2H3,(H,16,17). The molecule has 0 saturated heterocycles. The molecule has 0 aliphatic rings. The van der Waals surface area contributed by atoms with E-state index in [9.17, 15) is 9.18 Å². The molecule has 1 rings (SSSR count). The molecule has 2 unspecified atom stereocenters. The van der Waals surface area contributed by atoms with Gasteiger partial charge in [-0.05, 0) is 40.0 Å². The molecule has 1 aromatic rings. The number of carbonyl (C=O) groups excluding carboxylic acids is 1. The summed E-state index contributed by atoms with van der Waals surface area (Å²) in [6.45, 7) is 3.88. The molecule has 0 bridgehead atoms. The summed E-state index contributed by atoms with van der Waals surface area (Å²) in [5.41, 5.74) is 6.18. The van der Waals surface area contributed by atoms with Gasteiger partial charge in [-0.15, -0.1) is 0 Å². The first-order valence-corrected chi connectivity index (χ1v) is 6.26. The van der Waals surface area contributed by atoms with Gasteiger partial charge in [0.25, 0.3) is 0 Å². The number of benzene rings is 1. The topological polar surface area (TPSA) is 55.1 Å². The molecule has 0 aliphatic carbocycles. The third-order valence-electron chi connectivity index (χ3n) is 2.75. The van der Waals surface area contributed by atoms with E-state index in [0.29, 0.717) is 10.2 Å². The molecule has 0 saturated carbocycles. The van der Waals surface area contributed by atoms with Crippen molar-refractivity contribution in [3.05, 3.63) is 28.5 Å². The second-order valence-electron chi connectivity index (χ2n) is 4.02. The summed E-state index contributed by atoms with van der Waals surface area (Å²) in [5, 5.41) is 2.62. The highest BCUT2D eigenvalue weighted by atomic mass is 79.9. The maximum absolute atomic E-state index is 13.0. The number of nitrogens with one attached hydrogen (secondary N) is 1. The molecule has 5 heteroatoms. The number of hydrogen-bond acceptors (Lipinski definition) is 2. The highest BCUT2D eigenvalue weighted by Gasteiger charge is 2.20. The van der Waals surface area contributed by atoms with Gasteiger partial charge in [-0.2, -0.15) is 0 Å². The van der Waals surface area contributed by atoms with Crippen molar-refractivity contribution in [1.29, 1.82) is 0 Å². The third-order valence-corrected chi connectivity index (χ3v) is 3.44. The molecule has 0 spiro atoms. The van der Waals surface area contributed by atoms with Gasteiger partial charge in [-0.1, -0.05) is 20.3 Å². The SMILES string of the molecule is CCC(C)C(N)C(=O)Nc1cc(F)ccc1Br. The lowest BCUT2D eigenvalue weighted by Crippen LogP contribution is -2.40. The van der Waals surface area contributed by atoms with Crippen LogP contribution >= 0.6 is 15.9 Å². The summed E-state index contributed by atoms with van der Waals surface area (Å²) in [6, 6.07) is 3.52. The van der Waals surface area contributed by atoms with E-state index < -0.39 is 11.9 Å². The van der Waals surface area contributed by atoms with Gasteiger partial charge in [0.05, 0.1) is 11.7 Å². The van der Waals surface area contributed by atoms with Gasteiger partial charge in [0.15, 0.2) is 0 Å². The second kappa shape index (κ2) is 6.12. The van der Waals surface area contributed by atoms with E-state index in [0.717, 1.165) is 6.42 Å². The van der Waals surface area contributed by atoms with Crippen LogP contribution in [0.25, 0.3) is 0 Å². The number of anilines is 1. The van der Waals surface area contributed by atoms with Gasteiger partial charge >= 0.3 is 0 Å². The Morgan fingerprint density at radius 2 is 2.24 bits per heavy atom. The molecule has 1 amide bonds. The summed E-state index contributed by atoms with van der Waals surface area (Å²) >= 11 is 3.24. The molecule has 2 atom stereocenters. The number of hydrogen-bond donors (Lipinski definition) is 2. The van der Waals surface area contributed by atoms with E-state index in [4.69, 9.17) is 5.73 Å². The van der Waals surface area contributed by atoms with Crippen LogP contribution in [0.1, 0.15) is 20.3 Å². The van der Waals surface area contributed by atoms with E-state index >= 15 is 0 Å². The first-order chi connectivity index (χ1) is 7.95. The zero-order valence-corrected chi connectivity index (χ0v) is 11.4. The van der Waals surface area contributed by atoms with E-state index in [1.54, 1.807) is 6.07 Å². The van der Waals surface area contributed by atoms with Crippen LogP contribution in [0.2, 0.25) is 0 Å². The van der Waals surface area contributed by atoms with Crippen molar-refractivity contribution >= 4 is 27.5 Å². The lowest BCUT2D eigenvalue weighted by molar-refractivity contribution is -0.118. The van der Waals surface area contributed by atoms with Crippen molar-refractivity contribution in [2.45, 2.75) is 26.3 Å². The number of halogens is 2. The molecule has 0 aliphatic heterocycles. The van der Waals surface area contributed by atoms with Crippen molar-refractivity contribution in [3.8, 4) is 0 Å². The summed E-state index contributed by atoms with van der Waals surface area (Å²) in [4.78, 5) is 11.8. The van der Waals surface area contributed by atoms with Crippen LogP contribution < -0.4 is 11.1 Å². The van der Waals surface area contributed by atoms with Gasteiger partial charge < -0.3 is 11.1 Å². The molecular formula is C12H16BrFN2O. The molecule has 17 heavy (non-hydrogen) atoms. The zero-order chi connectivity index (χ0) is 13.0. The highest BCUT2D eigenvalue weighted by molar-refractivity contribution is 9.10. The molecular weight excluding hydrogens is 287 g/mol. The quantitative estimate of drug-likeness (QED) is 0.898. The maximum Gasteiger partial charge on any atom is 0.241 e. The minimum Gasteiger partial charge on any atom is -0.324 e. The Morgan fingerprint density at radius 3 is 2.82 bits per heavy atom. The average Bonchev–Trinajstić information content (AvgIpc) is 2.31. The molecule has 1 aromatic carbocycles. The van der Waals surface area contributed by atoms with Gasteiger partial charge in [0, 0.05) is 4.47 Å². The molecule has 94 valence electrons. The van der Waals surface area contributed by atoms with Crippen LogP contribution in [-0.4, -0.2) is 11.9 Å². The third kappa shape index (κ3) is 3.78. The fraction of sp³-hybridized carbons (Fsp3) is 0.417. The molecule has 3 N–H and O–H groups in total. The predicted molar refractivity (Wildman–Crippen MR) is 70.2 cm³/mol. The molecule has 0 radical (unpaired) electrons. The van der Waals surface area contributed by atoms with Crippen molar-refractivity contribution in [2.24, 2.45) is 11.7 Å². The summed E-state index contributed by atoms with van der Waals surface area (Å²) in [5.74, 6) is -0.617. The Bertz CT molecular complexity index is 411. The van der Waals surface area contributed by atoms with E-state index in [1.807, 2.05) is 13.8 Å². The van der Waals surface area contributed by atoms with E-state index in [2.05, 4.69) is 21.2 Å². The Hall–Kier alpha value is -0.940. The Labute approximate surface area is 109 Å². The molecule has 0 aromatic heterocycles. The smallest absolute Gasteiger partial charge is 0.241 e. The number of amides is 1. The van der Waals surface area contributed by atoms with Gasteiger partial charge in [0.1, 0.15) is 5.82 Å². The Morgan fingerprint density at radius 1 is 1.59 bits per heavy atom. The predicted octanol–water partition coefficient (Wildman–Crippen LogP) is 2.90. The van der Waals surface area contributed by atoms with Crippen molar-refractivity contribution in [3.63, 3.8) is 0 Å². The van der Waals surface area contributed by atoms with E-state index in [-0.39, 0.29) is 11.8 Å². The minimum atomic E-state index is -0.588. The lowest BCUT2D eigenvalue weighted by Gasteiger charge is -2.18. The second-order valence-corrected chi connectivity index (χ2v) is 4.88. The fourth-order valence-corrected chi connectivity index (χ4v) is 1.67. The van der Waals surface area contributed by atoms with E-state index in [1.165, 1.54) is 12.1 Å². The number of nitrogens with two attached hydrogens (primary N) is 1. The van der Waals surface area contributed by atoms with Gasteiger partial charge in [0.2, 0.25) is 5.91 Å². The average molecular weight is 303 g/mol. The highest BCUT2D eigenvalue weighted by Crippen LogP contribution is 2.23. The minimum absolute atomic E-state index is 0.0855. The molecule has 0 fully saturated rings. The van der Waals surface area contributed by atoms with Crippen molar-refractivity contribution in [1.82, 2.24) is 0 Å². The first-order valence-electron chi connectivity index (χ1n) is 5.47. The maximum atomic E-state index is 13.0. The fourth-order valence-electron chi connectivity index (χ4n) is 1.32. The lowest BCUT2D eigenvalue weighted by atomic mass is 9.99. The van der Waals surface area contributed by atoms with Crippen molar-refractivity contribution in [2.75, 3.05) is 5.32 Å². The number of rotatable bonds is 4. The number of carbonyl (C=O) groups is 1. The molecule has 0 heterocycles. The first kappa shape index (κ1) is 14.1. The van der Waals surface area contributed by atoms with Crippen LogP contribution in [0.15, 0.2) is 22.7 Å². The van der Waals surface area contributed by atoms with Gasteiger partial charge in [-0.3, -0.25) is 4.79 Å². The summed E-state index contributed by atoms with van der Waals surface area (Å²) in [7, 11) is 0. The summed E-state index contributed by atoms with van der Waals surface area (Å²) in [6.07, 6.45) is 0.818. The zero-order valence-electron chi connectivity index (χ0n) is 9.84. The van der Waals surface area contributed by atoms with Crippen LogP contribution in [0.4, 0.5) is 10.1 Å². The van der Waals surface area contributed by atoms with Crippen LogP contribution in [0, 0.1) is 11.7 Å².